The second-order valence-electron chi connectivity index (χ2n) is 4.72. The minimum Gasteiger partial charge on any atom is -0.389 e. The standard InChI is InChI=1S/C12H17F2NO/c1-12(2,16)8-15(3)7-9-4-5-10(13)6-11(9)14/h4-6,16H,7-8H2,1-3H3. The van der Waals surface area contributed by atoms with Crippen LogP contribution >= 0.6 is 0 Å². The van der Waals surface area contributed by atoms with Gasteiger partial charge in [0.1, 0.15) is 11.6 Å². The molecule has 16 heavy (non-hydrogen) atoms. The maximum Gasteiger partial charge on any atom is 0.130 e. The summed E-state index contributed by atoms with van der Waals surface area (Å²) in [5.74, 6) is -1.13. The largest absolute Gasteiger partial charge is 0.389 e. The van der Waals surface area contributed by atoms with Crippen molar-refractivity contribution in [2.24, 2.45) is 0 Å². The third-order valence-corrected chi connectivity index (χ3v) is 2.11. The van der Waals surface area contributed by atoms with Crippen molar-refractivity contribution in [3.63, 3.8) is 0 Å². The topological polar surface area (TPSA) is 23.5 Å². The van der Waals surface area contributed by atoms with Gasteiger partial charge in [-0.3, -0.25) is 4.90 Å². The molecule has 1 rings (SSSR count). The summed E-state index contributed by atoms with van der Waals surface area (Å²) in [6.07, 6.45) is 0. The average Bonchev–Trinajstić information content (AvgIpc) is 2.06. The molecule has 0 radical (unpaired) electrons. The van der Waals surface area contributed by atoms with E-state index in [0.29, 0.717) is 18.7 Å². The van der Waals surface area contributed by atoms with E-state index in [2.05, 4.69) is 0 Å². The Hall–Kier alpha value is -1.00. The van der Waals surface area contributed by atoms with Crippen LogP contribution < -0.4 is 0 Å². The summed E-state index contributed by atoms with van der Waals surface area (Å²) in [4.78, 5) is 1.79. The molecule has 1 aromatic carbocycles. The Morgan fingerprint density at radius 1 is 1.31 bits per heavy atom. The molecule has 0 amide bonds. The summed E-state index contributed by atoms with van der Waals surface area (Å²) in [5, 5.41) is 9.58. The minimum atomic E-state index is -0.828. The van der Waals surface area contributed by atoms with Crippen LogP contribution in [-0.4, -0.2) is 29.2 Å². The van der Waals surface area contributed by atoms with Gasteiger partial charge in [0, 0.05) is 24.7 Å². The molecular formula is C12H17F2NO. The Morgan fingerprint density at radius 3 is 2.44 bits per heavy atom. The summed E-state index contributed by atoms with van der Waals surface area (Å²) in [6, 6.07) is 3.52. The monoisotopic (exact) mass is 229 g/mol. The number of hydrogen-bond donors (Lipinski definition) is 1. The van der Waals surface area contributed by atoms with E-state index in [9.17, 15) is 13.9 Å². The Kier molecular flexibility index (Phi) is 3.99. The van der Waals surface area contributed by atoms with Gasteiger partial charge in [-0.15, -0.1) is 0 Å². The maximum atomic E-state index is 13.3. The fourth-order valence-corrected chi connectivity index (χ4v) is 1.66. The van der Waals surface area contributed by atoms with E-state index in [4.69, 9.17) is 0 Å². The van der Waals surface area contributed by atoms with Crippen LogP contribution in [0.15, 0.2) is 18.2 Å². The van der Waals surface area contributed by atoms with E-state index in [1.807, 2.05) is 0 Å². The molecule has 0 saturated carbocycles. The Morgan fingerprint density at radius 2 is 1.94 bits per heavy atom. The first-order chi connectivity index (χ1) is 7.28. The van der Waals surface area contributed by atoms with Crippen molar-refractivity contribution in [1.82, 2.24) is 4.90 Å². The zero-order valence-corrected chi connectivity index (χ0v) is 9.80. The molecule has 0 aliphatic carbocycles. The zero-order valence-electron chi connectivity index (χ0n) is 9.80. The van der Waals surface area contributed by atoms with E-state index >= 15 is 0 Å². The first-order valence-electron chi connectivity index (χ1n) is 5.13. The zero-order chi connectivity index (χ0) is 12.3. The van der Waals surface area contributed by atoms with E-state index in [1.165, 1.54) is 12.1 Å². The molecule has 1 N–H and O–H groups in total. The van der Waals surface area contributed by atoms with E-state index in [1.54, 1.807) is 25.8 Å². The van der Waals surface area contributed by atoms with Gasteiger partial charge in [0.2, 0.25) is 0 Å². The van der Waals surface area contributed by atoms with Gasteiger partial charge in [-0.05, 0) is 27.0 Å². The molecule has 0 aromatic heterocycles. The Labute approximate surface area is 94.5 Å². The first kappa shape index (κ1) is 13.1. The third-order valence-electron chi connectivity index (χ3n) is 2.11. The number of halogens is 2. The first-order valence-corrected chi connectivity index (χ1v) is 5.13. The maximum absolute atomic E-state index is 13.3. The van der Waals surface area contributed by atoms with Crippen molar-refractivity contribution in [2.75, 3.05) is 13.6 Å². The summed E-state index contributed by atoms with van der Waals surface area (Å²) >= 11 is 0. The summed E-state index contributed by atoms with van der Waals surface area (Å²) in [6.45, 7) is 4.13. The molecule has 0 saturated heterocycles. The lowest BCUT2D eigenvalue weighted by molar-refractivity contribution is 0.0422. The lowest BCUT2D eigenvalue weighted by atomic mass is 10.1. The molecule has 0 unspecified atom stereocenters. The predicted molar refractivity (Wildman–Crippen MR) is 59.0 cm³/mol. The van der Waals surface area contributed by atoms with Crippen LogP contribution in [0.25, 0.3) is 0 Å². The normalized spacial score (nSPS) is 12.2. The molecule has 4 heteroatoms. The molecule has 2 nitrogen and oxygen atoms in total. The Bertz CT molecular complexity index is 361. The van der Waals surface area contributed by atoms with Crippen LogP contribution in [0.5, 0.6) is 0 Å². The fraction of sp³-hybridized carbons (Fsp3) is 0.500. The second kappa shape index (κ2) is 4.89. The highest BCUT2D eigenvalue weighted by Gasteiger charge is 2.16. The second-order valence-corrected chi connectivity index (χ2v) is 4.72. The van der Waals surface area contributed by atoms with Crippen LogP contribution in [0.3, 0.4) is 0 Å². The summed E-state index contributed by atoms with van der Waals surface area (Å²) in [7, 11) is 1.78. The number of nitrogens with zero attached hydrogens (tertiary/aromatic N) is 1. The Balaban J connectivity index is 2.66. The van der Waals surface area contributed by atoms with Crippen LogP contribution in [0.1, 0.15) is 19.4 Å². The lowest BCUT2D eigenvalue weighted by Crippen LogP contribution is -2.36. The van der Waals surface area contributed by atoms with E-state index in [0.717, 1.165) is 6.07 Å². The fourth-order valence-electron chi connectivity index (χ4n) is 1.66. The number of rotatable bonds is 4. The van der Waals surface area contributed by atoms with Crippen molar-refractivity contribution >= 4 is 0 Å². The van der Waals surface area contributed by atoms with Crippen molar-refractivity contribution in [1.29, 1.82) is 0 Å². The quantitative estimate of drug-likeness (QED) is 0.855. The number of aliphatic hydroxyl groups is 1. The third kappa shape index (κ3) is 4.24. The summed E-state index contributed by atoms with van der Waals surface area (Å²) in [5.41, 5.74) is -0.404. The van der Waals surface area contributed by atoms with Gasteiger partial charge in [0.05, 0.1) is 5.60 Å². The molecular weight excluding hydrogens is 212 g/mol. The molecule has 0 atom stereocenters. The molecule has 0 bridgehead atoms. The number of hydrogen-bond acceptors (Lipinski definition) is 2. The molecule has 0 aliphatic rings. The van der Waals surface area contributed by atoms with Gasteiger partial charge in [0.25, 0.3) is 0 Å². The van der Waals surface area contributed by atoms with E-state index in [-0.39, 0.29) is 0 Å². The molecule has 90 valence electrons. The molecule has 0 spiro atoms. The smallest absolute Gasteiger partial charge is 0.130 e. The van der Waals surface area contributed by atoms with Gasteiger partial charge in [-0.25, -0.2) is 8.78 Å². The van der Waals surface area contributed by atoms with Gasteiger partial charge in [0.15, 0.2) is 0 Å². The van der Waals surface area contributed by atoms with Gasteiger partial charge >= 0.3 is 0 Å². The van der Waals surface area contributed by atoms with Crippen LogP contribution in [0.4, 0.5) is 8.78 Å². The molecule has 0 aliphatic heterocycles. The van der Waals surface area contributed by atoms with E-state index < -0.39 is 17.2 Å². The van der Waals surface area contributed by atoms with Gasteiger partial charge < -0.3 is 5.11 Å². The lowest BCUT2D eigenvalue weighted by Gasteiger charge is -2.25. The predicted octanol–water partition coefficient (Wildman–Crippen LogP) is 2.17. The molecule has 1 aromatic rings. The SMILES string of the molecule is CN(Cc1ccc(F)cc1F)CC(C)(C)O. The summed E-state index contributed by atoms with van der Waals surface area (Å²) < 4.78 is 26.0. The average molecular weight is 229 g/mol. The van der Waals surface area contributed by atoms with Gasteiger partial charge in [-0.2, -0.15) is 0 Å². The van der Waals surface area contributed by atoms with Crippen LogP contribution in [0.2, 0.25) is 0 Å². The minimum absolute atomic E-state index is 0.343. The van der Waals surface area contributed by atoms with Crippen molar-refractivity contribution in [3.05, 3.63) is 35.4 Å². The van der Waals surface area contributed by atoms with Gasteiger partial charge in [-0.1, -0.05) is 6.07 Å². The highest BCUT2D eigenvalue weighted by atomic mass is 19.1. The van der Waals surface area contributed by atoms with Crippen molar-refractivity contribution in [3.8, 4) is 0 Å². The molecule has 0 fully saturated rings. The van der Waals surface area contributed by atoms with Crippen LogP contribution in [-0.2, 0) is 6.54 Å². The number of likely N-dealkylation sites (N-methyl/N-ethyl adjacent to an activating group) is 1. The van der Waals surface area contributed by atoms with Crippen molar-refractivity contribution in [2.45, 2.75) is 26.0 Å². The van der Waals surface area contributed by atoms with Crippen LogP contribution in [0, 0.1) is 11.6 Å². The number of benzene rings is 1. The molecule has 0 heterocycles. The highest BCUT2D eigenvalue weighted by molar-refractivity contribution is 5.18. The highest BCUT2D eigenvalue weighted by Crippen LogP contribution is 2.13. The van der Waals surface area contributed by atoms with Crippen molar-refractivity contribution < 1.29 is 13.9 Å².